The molecule has 5 aromatic carbocycles. The molecule has 0 bridgehead atoms. The maximum absolute atomic E-state index is 15.0. The summed E-state index contributed by atoms with van der Waals surface area (Å²) in [5, 5.41) is 0. The van der Waals surface area contributed by atoms with E-state index in [1.54, 1.807) is 14.0 Å². The quantitative estimate of drug-likeness (QED) is 0.130. The fourth-order valence-corrected chi connectivity index (χ4v) is 6.55. The second kappa shape index (κ2) is 14.8. The maximum Gasteiger partial charge on any atom is 0.297 e. The van der Waals surface area contributed by atoms with Crippen LogP contribution in [0.1, 0.15) is 19.8 Å². The van der Waals surface area contributed by atoms with E-state index in [1.165, 1.54) is 14.7 Å². The maximum atomic E-state index is 15.0. The highest BCUT2D eigenvalue weighted by molar-refractivity contribution is 7.11. The summed E-state index contributed by atoms with van der Waals surface area (Å²) in [6, 6.07) is 25.3. The van der Waals surface area contributed by atoms with E-state index in [4.69, 9.17) is 4.74 Å². The van der Waals surface area contributed by atoms with Crippen LogP contribution in [-0.4, -0.2) is 13.3 Å². The SMILES string of the molecule is CCCC[B-](c1c(F)cccc1F)(c1c(F)cccc1F)c1c(F)cccc1F.COc1ccc(-c2ccccc2[IH+])cc1. The fourth-order valence-electron chi connectivity index (χ4n) is 5.80. The van der Waals surface area contributed by atoms with Crippen LogP contribution in [0.15, 0.2) is 103 Å². The van der Waals surface area contributed by atoms with Crippen LogP contribution in [0.5, 0.6) is 5.75 Å². The van der Waals surface area contributed by atoms with E-state index in [2.05, 4.69) is 36.4 Å². The van der Waals surface area contributed by atoms with Crippen LogP contribution >= 0.6 is 0 Å². The summed E-state index contributed by atoms with van der Waals surface area (Å²) in [6.07, 6.45) is -2.85. The van der Waals surface area contributed by atoms with Crippen molar-refractivity contribution < 1.29 is 53.7 Å². The monoisotopic (exact) mass is 718 g/mol. The van der Waals surface area contributed by atoms with Gasteiger partial charge in [0.25, 0.3) is 22.6 Å². The largest absolute Gasteiger partial charge is 0.497 e. The molecular formula is C35H30BF6IO. The van der Waals surface area contributed by atoms with Crippen LogP contribution in [0.4, 0.5) is 26.3 Å². The lowest BCUT2D eigenvalue weighted by atomic mass is 9.13. The average Bonchev–Trinajstić information content (AvgIpc) is 3.00. The van der Waals surface area contributed by atoms with Crippen LogP contribution in [0, 0.1) is 38.5 Å². The third-order valence-corrected chi connectivity index (χ3v) is 8.77. The first kappa shape index (κ1) is 33.2. The Balaban J connectivity index is 0.000000246. The van der Waals surface area contributed by atoms with E-state index < -0.39 is 57.4 Å². The number of hydrogen-bond donors (Lipinski definition) is 0. The van der Waals surface area contributed by atoms with Gasteiger partial charge < -0.3 is 4.74 Å². The third-order valence-electron chi connectivity index (χ3n) is 7.76. The molecule has 0 aliphatic heterocycles. The minimum Gasteiger partial charge on any atom is -0.497 e. The molecule has 0 aliphatic carbocycles. The first-order chi connectivity index (χ1) is 21.1. The Morgan fingerprint density at radius 1 is 0.568 bits per heavy atom. The van der Waals surface area contributed by atoms with Crippen LogP contribution in [0.3, 0.4) is 0 Å². The highest BCUT2D eigenvalue weighted by atomic mass is 127. The van der Waals surface area contributed by atoms with Gasteiger partial charge in [-0.1, -0.05) is 62.2 Å². The number of ether oxygens (including phenoxy) is 1. The number of methoxy groups -OCH3 is 1. The normalized spacial score (nSPS) is 11.1. The number of unbranched alkanes of at least 4 members (excludes halogenated alkanes) is 1. The Kier molecular flexibility index (Phi) is 11.2. The van der Waals surface area contributed by atoms with Gasteiger partial charge in [0, 0.05) is 5.56 Å². The van der Waals surface area contributed by atoms with Crippen molar-refractivity contribution in [1.82, 2.24) is 0 Å². The number of rotatable bonds is 8. The van der Waals surface area contributed by atoms with Crippen LogP contribution in [-0.2, 0) is 0 Å². The molecule has 228 valence electrons. The van der Waals surface area contributed by atoms with Crippen molar-refractivity contribution >= 4 is 22.5 Å². The summed E-state index contributed by atoms with van der Waals surface area (Å²) in [7, 11) is 1.68. The molecule has 5 aromatic rings. The molecule has 0 aliphatic rings. The molecule has 0 fully saturated rings. The molecule has 0 N–H and O–H groups in total. The predicted molar refractivity (Wildman–Crippen MR) is 162 cm³/mol. The molecule has 0 amide bonds. The fraction of sp³-hybridized carbons (Fsp3) is 0.143. The molecule has 9 heteroatoms. The van der Waals surface area contributed by atoms with Crippen molar-refractivity contribution in [3.63, 3.8) is 0 Å². The molecule has 1 nitrogen and oxygen atoms in total. The highest BCUT2D eigenvalue weighted by Gasteiger charge is 2.41. The van der Waals surface area contributed by atoms with Crippen molar-refractivity contribution in [2.24, 2.45) is 0 Å². The Labute approximate surface area is 267 Å². The van der Waals surface area contributed by atoms with E-state index in [1.807, 2.05) is 34.7 Å². The van der Waals surface area contributed by atoms with Gasteiger partial charge in [-0.3, -0.25) is 0 Å². The van der Waals surface area contributed by atoms with Crippen LogP contribution < -0.4 is 43.7 Å². The Morgan fingerprint density at radius 3 is 1.34 bits per heavy atom. The molecule has 0 spiro atoms. The van der Waals surface area contributed by atoms with Crippen molar-refractivity contribution in [2.75, 3.05) is 7.11 Å². The number of hydrogen-bond acceptors (Lipinski definition) is 1. The summed E-state index contributed by atoms with van der Waals surface area (Å²) in [5.74, 6) is -5.82. The number of benzene rings is 5. The van der Waals surface area contributed by atoms with Gasteiger partial charge in [-0.2, -0.15) is 6.32 Å². The van der Waals surface area contributed by atoms with Crippen molar-refractivity contribution in [3.8, 4) is 16.9 Å². The van der Waals surface area contributed by atoms with Crippen molar-refractivity contribution in [3.05, 3.63) is 142 Å². The molecule has 44 heavy (non-hydrogen) atoms. The molecule has 0 saturated heterocycles. The van der Waals surface area contributed by atoms with Gasteiger partial charge in [0.2, 0.25) is 0 Å². The van der Waals surface area contributed by atoms with Gasteiger partial charge in [-0.25, -0.2) is 26.3 Å². The molecule has 0 aromatic heterocycles. The minimum absolute atomic E-state index is 0.231. The highest BCUT2D eigenvalue weighted by Crippen LogP contribution is 2.24. The smallest absolute Gasteiger partial charge is 0.297 e. The summed E-state index contributed by atoms with van der Waals surface area (Å²) in [5.41, 5.74) is 0.332. The first-order valence-corrected chi connectivity index (χ1v) is 15.2. The lowest BCUT2D eigenvalue weighted by molar-refractivity contribution is -0.326. The molecule has 0 atom stereocenters. The zero-order valence-corrected chi connectivity index (χ0v) is 26.4. The van der Waals surface area contributed by atoms with Gasteiger partial charge >= 0.3 is 0 Å². The summed E-state index contributed by atoms with van der Waals surface area (Å²) >= 11 is 2.05. The number of halogens is 7. The average molecular weight is 718 g/mol. The van der Waals surface area contributed by atoms with Gasteiger partial charge in [0.1, 0.15) is 11.9 Å². The molecule has 0 unspecified atom stereocenters. The van der Waals surface area contributed by atoms with Gasteiger partial charge in [0.15, 0.2) is 3.57 Å². The predicted octanol–water partition coefficient (Wildman–Crippen LogP) is 4.61. The summed E-state index contributed by atoms with van der Waals surface area (Å²) < 4.78 is 96.2. The van der Waals surface area contributed by atoms with Gasteiger partial charge in [-0.15, -0.1) is 16.4 Å². The van der Waals surface area contributed by atoms with E-state index in [0.717, 1.165) is 60.3 Å². The van der Waals surface area contributed by atoms with Gasteiger partial charge in [-0.05, 0) is 66.2 Å². The van der Waals surface area contributed by atoms with Crippen LogP contribution in [0.2, 0.25) is 6.32 Å². The summed E-state index contributed by atoms with van der Waals surface area (Å²) in [6.45, 7) is 1.76. The zero-order valence-electron chi connectivity index (χ0n) is 24.1. The first-order valence-electron chi connectivity index (χ1n) is 14.1. The summed E-state index contributed by atoms with van der Waals surface area (Å²) in [4.78, 5) is 0. The van der Waals surface area contributed by atoms with E-state index >= 15 is 0 Å². The topological polar surface area (TPSA) is 9.23 Å². The molecule has 0 radical (unpaired) electrons. The second-order valence-electron chi connectivity index (χ2n) is 10.3. The molecular weight excluding hydrogens is 688 g/mol. The van der Waals surface area contributed by atoms with E-state index in [-0.39, 0.29) is 12.7 Å². The Hall–Kier alpha value is -3.73. The molecule has 5 rings (SSSR count). The standard InChI is InChI=1S/C22H18BF6.C13H12IO/c1-2-3-13-23(20-14(24)7-4-8-15(20)25,21-16(26)9-5-10-17(21)27)22-18(28)11-6-12-19(22)29;1-15-11-8-6-10(7-9-11)12-4-2-3-5-13(12)14/h4-12H,2-3,13H2,1H3;2-9,14H,1H3/q-1;+1. The second-order valence-corrected chi connectivity index (χ2v) is 11.6. The zero-order chi connectivity index (χ0) is 31.9. The Bertz CT molecular complexity index is 1540. The van der Waals surface area contributed by atoms with Crippen LogP contribution in [0.25, 0.3) is 11.1 Å². The van der Waals surface area contributed by atoms with Gasteiger partial charge in [0.05, 0.1) is 42.0 Å². The molecule has 0 heterocycles. The minimum atomic E-state index is -3.32. The Morgan fingerprint density at radius 2 is 0.977 bits per heavy atom. The van der Waals surface area contributed by atoms with E-state index in [9.17, 15) is 26.3 Å². The van der Waals surface area contributed by atoms with Crippen molar-refractivity contribution in [1.29, 1.82) is 0 Å². The third kappa shape index (κ3) is 6.82. The van der Waals surface area contributed by atoms with E-state index in [0.29, 0.717) is 6.42 Å². The lowest BCUT2D eigenvalue weighted by Crippen LogP contribution is -3.34. The van der Waals surface area contributed by atoms with Crippen molar-refractivity contribution in [2.45, 2.75) is 26.1 Å². The molecule has 0 saturated carbocycles. The lowest BCUT2D eigenvalue weighted by Gasteiger charge is -2.43.